The predicted molar refractivity (Wildman–Crippen MR) is 138 cm³/mol. The summed E-state index contributed by atoms with van der Waals surface area (Å²) in [6, 6.07) is 9.88. The molecule has 9 nitrogen and oxygen atoms in total. The van der Waals surface area contributed by atoms with Gasteiger partial charge in [-0.3, -0.25) is 9.19 Å². The maximum atomic E-state index is 11.9. The van der Waals surface area contributed by atoms with Gasteiger partial charge in [-0.1, -0.05) is 6.07 Å². The maximum absolute atomic E-state index is 11.9. The molecule has 6 rings (SSSR count). The van der Waals surface area contributed by atoms with E-state index in [1.807, 2.05) is 35.1 Å². The Morgan fingerprint density at radius 3 is 2.67 bits per heavy atom. The SMILES string of the molecule is CS(=O)c1ccc(-c2cc(N3CCOCC3)nc3c(-c4ccnn4C4CCCCO4)nccc23)cn1. The molecule has 0 N–H and O–H groups in total. The topological polar surface area (TPSA) is 95.3 Å². The van der Waals surface area contributed by atoms with E-state index in [4.69, 9.17) is 19.4 Å². The molecule has 0 radical (unpaired) electrons. The summed E-state index contributed by atoms with van der Waals surface area (Å²) < 4.78 is 25.5. The highest BCUT2D eigenvalue weighted by atomic mass is 32.2. The van der Waals surface area contributed by atoms with Crippen molar-refractivity contribution >= 4 is 27.5 Å². The van der Waals surface area contributed by atoms with Crippen molar-refractivity contribution in [3.63, 3.8) is 0 Å². The van der Waals surface area contributed by atoms with Crippen molar-refractivity contribution in [3.8, 4) is 22.5 Å². The molecule has 10 heteroatoms. The standard InChI is InChI=1S/C26H28N6O3S/c1-36(33)23-6-5-18(17-28-23)20-16-22(31-11-14-34-15-12-31)30-25-19(20)7-9-27-26(25)21-8-10-29-32(21)24-4-2-3-13-35-24/h5-10,16-17,24H,2-4,11-15H2,1H3. The van der Waals surface area contributed by atoms with Gasteiger partial charge in [0.05, 0.1) is 29.7 Å². The molecule has 4 aromatic rings. The van der Waals surface area contributed by atoms with Crippen molar-refractivity contribution in [2.24, 2.45) is 0 Å². The van der Waals surface area contributed by atoms with Crippen LogP contribution in [0.25, 0.3) is 33.4 Å². The zero-order valence-corrected chi connectivity index (χ0v) is 21.0. The summed E-state index contributed by atoms with van der Waals surface area (Å²) in [4.78, 5) is 16.6. The van der Waals surface area contributed by atoms with E-state index < -0.39 is 10.8 Å². The van der Waals surface area contributed by atoms with Gasteiger partial charge in [0.25, 0.3) is 0 Å². The lowest BCUT2D eigenvalue weighted by molar-refractivity contribution is -0.0383. The number of morpholine rings is 1. The van der Waals surface area contributed by atoms with E-state index in [9.17, 15) is 4.21 Å². The third kappa shape index (κ3) is 4.40. The normalized spacial score (nSPS) is 19.5. The number of ether oxygens (including phenoxy) is 2. The summed E-state index contributed by atoms with van der Waals surface area (Å²) in [5.41, 5.74) is 4.41. The van der Waals surface area contributed by atoms with Gasteiger partial charge in [-0.25, -0.2) is 14.6 Å². The lowest BCUT2D eigenvalue weighted by atomic mass is 10.0. The van der Waals surface area contributed by atoms with Crippen LogP contribution in [-0.2, 0) is 20.3 Å². The molecule has 36 heavy (non-hydrogen) atoms. The molecule has 0 amide bonds. The summed E-state index contributed by atoms with van der Waals surface area (Å²) in [5, 5.41) is 6.13. The fourth-order valence-electron chi connectivity index (χ4n) is 4.88. The van der Waals surface area contributed by atoms with Crippen LogP contribution in [0.1, 0.15) is 25.5 Å². The Bertz CT molecular complexity index is 1390. The molecule has 2 fully saturated rings. The first-order valence-electron chi connectivity index (χ1n) is 12.3. The average Bonchev–Trinajstić information content (AvgIpc) is 3.43. The monoisotopic (exact) mass is 504 g/mol. The number of fused-ring (bicyclic) bond motifs is 1. The molecule has 4 aromatic heterocycles. The highest BCUT2D eigenvalue weighted by Gasteiger charge is 2.23. The molecule has 186 valence electrons. The van der Waals surface area contributed by atoms with E-state index in [1.165, 1.54) is 0 Å². The number of pyridine rings is 3. The van der Waals surface area contributed by atoms with Crippen molar-refractivity contribution in [1.82, 2.24) is 24.7 Å². The number of aromatic nitrogens is 5. The highest BCUT2D eigenvalue weighted by molar-refractivity contribution is 7.84. The van der Waals surface area contributed by atoms with Gasteiger partial charge in [0.2, 0.25) is 0 Å². The van der Waals surface area contributed by atoms with E-state index >= 15 is 0 Å². The Morgan fingerprint density at radius 1 is 1.03 bits per heavy atom. The van der Waals surface area contributed by atoms with Crippen LogP contribution in [0.3, 0.4) is 0 Å². The van der Waals surface area contributed by atoms with Gasteiger partial charge in [-0.15, -0.1) is 0 Å². The lowest BCUT2D eigenvalue weighted by Gasteiger charge is -2.29. The average molecular weight is 505 g/mol. The van der Waals surface area contributed by atoms with Gasteiger partial charge in [-0.2, -0.15) is 5.10 Å². The molecule has 0 aliphatic carbocycles. The molecular weight excluding hydrogens is 476 g/mol. The molecular formula is C26H28N6O3S. The number of hydrogen-bond donors (Lipinski definition) is 0. The maximum Gasteiger partial charge on any atom is 0.150 e. The quantitative estimate of drug-likeness (QED) is 0.405. The van der Waals surface area contributed by atoms with Gasteiger partial charge in [0.15, 0.2) is 6.23 Å². The second kappa shape index (κ2) is 10.0. The molecule has 0 aromatic carbocycles. The molecule has 6 heterocycles. The molecule has 2 aliphatic rings. The Balaban J connectivity index is 1.53. The summed E-state index contributed by atoms with van der Waals surface area (Å²) >= 11 is 0. The molecule has 2 aliphatic heterocycles. The molecule has 0 bridgehead atoms. The van der Waals surface area contributed by atoms with E-state index in [0.717, 1.165) is 78.2 Å². The lowest BCUT2D eigenvalue weighted by Crippen LogP contribution is -2.36. The summed E-state index contributed by atoms with van der Waals surface area (Å²) in [5.74, 6) is 0.873. The number of nitrogens with zero attached hydrogens (tertiary/aromatic N) is 6. The van der Waals surface area contributed by atoms with Crippen molar-refractivity contribution in [3.05, 3.63) is 48.9 Å². The predicted octanol–water partition coefficient (Wildman–Crippen LogP) is 3.83. The highest BCUT2D eigenvalue weighted by Crippen LogP contribution is 2.36. The molecule has 2 atom stereocenters. The first kappa shape index (κ1) is 23.2. The molecule has 2 saturated heterocycles. The minimum atomic E-state index is -1.14. The van der Waals surface area contributed by atoms with Crippen LogP contribution < -0.4 is 4.90 Å². The van der Waals surface area contributed by atoms with E-state index in [1.54, 1.807) is 18.6 Å². The van der Waals surface area contributed by atoms with Crippen LogP contribution >= 0.6 is 0 Å². The van der Waals surface area contributed by atoms with Crippen LogP contribution in [0.15, 0.2) is 53.9 Å². The first-order chi connectivity index (χ1) is 17.7. The third-order valence-corrected chi connectivity index (χ3v) is 7.56. The number of hydrogen-bond acceptors (Lipinski definition) is 8. The Kier molecular flexibility index (Phi) is 6.47. The second-order valence-electron chi connectivity index (χ2n) is 9.00. The summed E-state index contributed by atoms with van der Waals surface area (Å²) in [6.07, 6.45) is 10.1. The van der Waals surface area contributed by atoms with E-state index in [2.05, 4.69) is 21.0 Å². The van der Waals surface area contributed by atoms with Crippen LogP contribution in [0.5, 0.6) is 0 Å². The molecule has 0 saturated carbocycles. The van der Waals surface area contributed by atoms with Crippen LogP contribution in [-0.4, -0.2) is 68.1 Å². The second-order valence-corrected chi connectivity index (χ2v) is 10.3. The fourth-order valence-corrected chi connectivity index (χ4v) is 5.34. The Labute approximate surface area is 211 Å². The van der Waals surface area contributed by atoms with E-state index in [-0.39, 0.29) is 6.23 Å². The minimum Gasteiger partial charge on any atom is -0.378 e. The largest absolute Gasteiger partial charge is 0.378 e. The molecule has 0 spiro atoms. The van der Waals surface area contributed by atoms with Gasteiger partial charge in [-0.05, 0) is 49.1 Å². The third-order valence-electron chi connectivity index (χ3n) is 6.73. The van der Waals surface area contributed by atoms with Crippen LogP contribution in [0, 0.1) is 0 Å². The van der Waals surface area contributed by atoms with Crippen molar-refractivity contribution in [1.29, 1.82) is 0 Å². The zero-order valence-electron chi connectivity index (χ0n) is 20.2. The van der Waals surface area contributed by atoms with E-state index in [0.29, 0.717) is 18.2 Å². The zero-order chi connectivity index (χ0) is 24.5. The van der Waals surface area contributed by atoms with Crippen molar-refractivity contribution in [2.45, 2.75) is 30.5 Å². The summed E-state index contributed by atoms with van der Waals surface area (Å²) in [7, 11) is -1.14. The smallest absolute Gasteiger partial charge is 0.150 e. The summed E-state index contributed by atoms with van der Waals surface area (Å²) in [6.45, 7) is 3.61. The van der Waals surface area contributed by atoms with Gasteiger partial charge < -0.3 is 14.4 Å². The van der Waals surface area contributed by atoms with Gasteiger partial charge >= 0.3 is 0 Å². The Morgan fingerprint density at radius 2 is 1.92 bits per heavy atom. The van der Waals surface area contributed by atoms with Crippen molar-refractivity contribution < 1.29 is 13.7 Å². The number of rotatable bonds is 5. The van der Waals surface area contributed by atoms with Gasteiger partial charge in [0, 0.05) is 55.5 Å². The van der Waals surface area contributed by atoms with Gasteiger partial charge in [0.1, 0.15) is 22.1 Å². The van der Waals surface area contributed by atoms with Crippen LogP contribution in [0.4, 0.5) is 5.82 Å². The Hall–Kier alpha value is -3.21. The fraction of sp³-hybridized carbons (Fsp3) is 0.385. The minimum absolute atomic E-state index is 0.102. The first-order valence-corrected chi connectivity index (χ1v) is 13.8. The number of anilines is 1. The van der Waals surface area contributed by atoms with Crippen LogP contribution in [0.2, 0.25) is 0 Å². The van der Waals surface area contributed by atoms with Crippen molar-refractivity contribution in [2.75, 3.05) is 44.1 Å². The molecule has 2 unspecified atom stereocenters.